The van der Waals surface area contributed by atoms with Crippen molar-refractivity contribution in [3.05, 3.63) is 35.4 Å². The van der Waals surface area contributed by atoms with Gasteiger partial charge in [-0.25, -0.2) is 0 Å². The van der Waals surface area contributed by atoms with E-state index in [-0.39, 0.29) is 12.5 Å². The molecule has 1 aromatic rings. The van der Waals surface area contributed by atoms with Gasteiger partial charge in [-0.15, -0.1) is 0 Å². The van der Waals surface area contributed by atoms with Gasteiger partial charge in [-0.3, -0.25) is 9.59 Å². The van der Waals surface area contributed by atoms with E-state index in [1.165, 1.54) is 0 Å². The van der Waals surface area contributed by atoms with Crippen LogP contribution in [0, 0.1) is 12.3 Å². The average Bonchev–Trinajstić information content (AvgIpc) is 2.73. The van der Waals surface area contributed by atoms with Crippen LogP contribution in [0.15, 0.2) is 24.3 Å². The van der Waals surface area contributed by atoms with Crippen LogP contribution in [0.1, 0.15) is 29.3 Å². The smallest absolute Gasteiger partial charge is 0.311 e. The van der Waals surface area contributed by atoms with E-state index >= 15 is 0 Å². The van der Waals surface area contributed by atoms with E-state index in [2.05, 4.69) is 0 Å². The highest BCUT2D eigenvalue weighted by Gasteiger charge is 2.42. The van der Waals surface area contributed by atoms with Gasteiger partial charge in [0, 0.05) is 18.7 Å². The Balaban J connectivity index is 2.18. The van der Waals surface area contributed by atoms with E-state index < -0.39 is 11.4 Å². The largest absolute Gasteiger partial charge is 0.481 e. The summed E-state index contributed by atoms with van der Waals surface area (Å²) in [4.78, 5) is 25.1. The first kappa shape index (κ1) is 12.6. The molecule has 2 rings (SSSR count). The summed E-state index contributed by atoms with van der Waals surface area (Å²) in [6.45, 7) is 4.38. The van der Waals surface area contributed by atoms with E-state index in [1.807, 2.05) is 25.1 Å². The van der Waals surface area contributed by atoms with Gasteiger partial charge < -0.3 is 10.0 Å². The van der Waals surface area contributed by atoms with Crippen molar-refractivity contribution in [1.29, 1.82) is 0 Å². The third-order valence-corrected chi connectivity index (χ3v) is 3.65. The number of carboxylic acids is 1. The minimum Gasteiger partial charge on any atom is -0.481 e. The SMILES string of the molecule is Cc1ccccc1C(=O)N1CCC(C)(C(=O)O)C1. The number of aryl methyl sites for hydroxylation is 1. The molecule has 1 aliphatic heterocycles. The molecule has 1 aliphatic rings. The van der Waals surface area contributed by atoms with E-state index in [0.29, 0.717) is 18.5 Å². The summed E-state index contributed by atoms with van der Waals surface area (Å²) in [6, 6.07) is 7.39. The van der Waals surface area contributed by atoms with Crippen molar-refractivity contribution >= 4 is 11.9 Å². The minimum absolute atomic E-state index is 0.0712. The highest BCUT2D eigenvalue weighted by atomic mass is 16.4. The molecule has 1 aromatic carbocycles. The number of rotatable bonds is 2. The van der Waals surface area contributed by atoms with Crippen molar-refractivity contribution in [2.45, 2.75) is 20.3 Å². The van der Waals surface area contributed by atoms with Crippen LogP contribution in [0.4, 0.5) is 0 Å². The van der Waals surface area contributed by atoms with Gasteiger partial charge in [-0.05, 0) is 31.9 Å². The van der Waals surface area contributed by atoms with Crippen LogP contribution < -0.4 is 0 Å². The van der Waals surface area contributed by atoms with Crippen LogP contribution in [-0.2, 0) is 4.79 Å². The van der Waals surface area contributed by atoms with Gasteiger partial charge in [0.1, 0.15) is 0 Å². The summed E-state index contributed by atoms with van der Waals surface area (Å²) in [5.41, 5.74) is 0.775. The van der Waals surface area contributed by atoms with Gasteiger partial charge in [-0.1, -0.05) is 18.2 Å². The molecule has 96 valence electrons. The average molecular weight is 247 g/mol. The maximum Gasteiger partial charge on any atom is 0.311 e. The summed E-state index contributed by atoms with van der Waals surface area (Å²) >= 11 is 0. The third-order valence-electron chi connectivity index (χ3n) is 3.65. The molecular formula is C14H17NO3. The lowest BCUT2D eigenvalue weighted by Crippen LogP contribution is -2.35. The number of nitrogens with zero attached hydrogens (tertiary/aromatic N) is 1. The van der Waals surface area contributed by atoms with Gasteiger partial charge in [0.25, 0.3) is 5.91 Å². The van der Waals surface area contributed by atoms with Crippen LogP contribution in [0.3, 0.4) is 0 Å². The number of hydrogen-bond acceptors (Lipinski definition) is 2. The predicted octanol–water partition coefficient (Wildman–Crippen LogP) is 1.93. The van der Waals surface area contributed by atoms with Crippen molar-refractivity contribution in [3.63, 3.8) is 0 Å². The summed E-state index contributed by atoms with van der Waals surface area (Å²) < 4.78 is 0. The quantitative estimate of drug-likeness (QED) is 0.868. The number of aliphatic carboxylic acids is 1. The normalized spacial score (nSPS) is 23.1. The number of amides is 1. The van der Waals surface area contributed by atoms with Crippen LogP contribution in [0.2, 0.25) is 0 Å². The second-order valence-corrected chi connectivity index (χ2v) is 5.16. The van der Waals surface area contributed by atoms with Crippen LogP contribution in [-0.4, -0.2) is 35.0 Å². The number of hydrogen-bond donors (Lipinski definition) is 1. The number of carboxylic acid groups (broad SMARTS) is 1. The monoisotopic (exact) mass is 247 g/mol. The highest BCUT2D eigenvalue weighted by Crippen LogP contribution is 2.31. The van der Waals surface area contributed by atoms with Crippen LogP contribution in [0.5, 0.6) is 0 Å². The van der Waals surface area contributed by atoms with E-state index in [0.717, 1.165) is 5.56 Å². The molecule has 1 saturated heterocycles. The second-order valence-electron chi connectivity index (χ2n) is 5.16. The second kappa shape index (κ2) is 4.44. The van der Waals surface area contributed by atoms with Crippen molar-refractivity contribution in [2.24, 2.45) is 5.41 Å². The lowest BCUT2D eigenvalue weighted by Gasteiger charge is -2.20. The summed E-state index contributed by atoms with van der Waals surface area (Å²) in [5, 5.41) is 9.16. The van der Waals surface area contributed by atoms with E-state index in [9.17, 15) is 9.59 Å². The highest BCUT2D eigenvalue weighted by molar-refractivity contribution is 5.96. The molecule has 1 amide bonds. The van der Waals surface area contributed by atoms with Crippen LogP contribution in [0.25, 0.3) is 0 Å². The number of likely N-dealkylation sites (tertiary alicyclic amines) is 1. The molecular weight excluding hydrogens is 230 g/mol. The lowest BCUT2D eigenvalue weighted by atomic mass is 9.90. The molecule has 18 heavy (non-hydrogen) atoms. The Kier molecular flexibility index (Phi) is 3.11. The standard InChI is InChI=1S/C14H17NO3/c1-10-5-3-4-6-11(10)12(16)15-8-7-14(2,9-15)13(17)18/h3-6H,7-9H2,1-2H3,(H,17,18). The molecule has 0 bridgehead atoms. The molecule has 0 aromatic heterocycles. The first-order valence-corrected chi connectivity index (χ1v) is 6.02. The molecule has 1 fully saturated rings. The van der Waals surface area contributed by atoms with E-state index in [4.69, 9.17) is 5.11 Å². The van der Waals surface area contributed by atoms with Crippen molar-refractivity contribution in [3.8, 4) is 0 Å². The van der Waals surface area contributed by atoms with Crippen molar-refractivity contribution in [1.82, 2.24) is 4.90 Å². The fourth-order valence-corrected chi connectivity index (χ4v) is 2.29. The maximum absolute atomic E-state index is 12.3. The molecule has 0 spiro atoms. The Morgan fingerprint density at radius 3 is 2.56 bits per heavy atom. The van der Waals surface area contributed by atoms with Gasteiger partial charge in [0.15, 0.2) is 0 Å². The molecule has 0 aliphatic carbocycles. The van der Waals surface area contributed by atoms with Crippen molar-refractivity contribution in [2.75, 3.05) is 13.1 Å². The Hall–Kier alpha value is -1.84. The van der Waals surface area contributed by atoms with Crippen molar-refractivity contribution < 1.29 is 14.7 Å². The van der Waals surface area contributed by atoms with Crippen LogP contribution >= 0.6 is 0 Å². The first-order chi connectivity index (χ1) is 8.44. The topological polar surface area (TPSA) is 57.6 Å². The molecule has 1 heterocycles. The van der Waals surface area contributed by atoms with Gasteiger partial charge in [-0.2, -0.15) is 0 Å². The van der Waals surface area contributed by atoms with Gasteiger partial charge in [0.2, 0.25) is 0 Å². The predicted molar refractivity (Wildman–Crippen MR) is 67.4 cm³/mol. The molecule has 1 unspecified atom stereocenters. The van der Waals surface area contributed by atoms with Gasteiger partial charge >= 0.3 is 5.97 Å². The summed E-state index contributed by atoms with van der Waals surface area (Å²) in [7, 11) is 0. The third kappa shape index (κ3) is 2.10. The lowest BCUT2D eigenvalue weighted by molar-refractivity contribution is -0.147. The number of benzene rings is 1. The molecule has 4 nitrogen and oxygen atoms in total. The summed E-state index contributed by atoms with van der Waals surface area (Å²) in [5.74, 6) is -0.902. The molecule has 1 atom stereocenters. The fraction of sp³-hybridized carbons (Fsp3) is 0.429. The zero-order valence-electron chi connectivity index (χ0n) is 10.6. The first-order valence-electron chi connectivity index (χ1n) is 6.02. The number of carbonyl (C=O) groups is 2. The minimum atomic E-state index is -0.831. The Morgan fingerprint density at radius 1 is 1.33 bits per heavy atom. The molecule has 1 N–H and O–H groups in total. The fourth-order valence-electron chi connectivity index (χ4n) is 2.29. The van der Waals surface area contributed by atoms with Gasteiger partial charge in [0.05, 0.1) is 5.41 Å². The molecule has 0 saturated carbocycles. The van der Waals surface area contributed by atoms with E-state index in [1.54, 1.807) is 17.9 Å². The number of carbonyl (C=O) groups excluding carboxylic acids is 1. The maximum atomic E-state index is 12.3. The summed E-state index contributed by atoms with van der Waals surface area (Å²) in [6.07, 6.45) is 0.514. The Bertz CT molecular complexity index is 498. The molecule has 0 radical (unpaired) electrons. The zero-order chi connectivity index (χ0) is 13.3. The Labute approximate surface area is 106 Å². The Morgan fingerprint density at radius 2 is 2.00 bits per heavy atom. The molecule has 4 heteroatoms. The zero-order valence-corrected chi connectivity index (χ0v) is 10.6.